The number of carbonyl (C=O) groups excluding carboxylic acids is 1. The van der Waals surface area contributed by atoms with Crippen molar-refractivity contribution in [1.82, 2.24) is 5.32 Å². The molecule has 2 N–H and O–H groups in total. The second-order valence-corrected chi connectivity index (χ2v) is 5.72. The molecule has 2 rings (SSSR count). The number of rotatable bonds is 4. The van der Waals surface area contributed by atoms with E-state index in [2.05, 4.69) is 5.32 Å². The third-order valence-corrected chi connectivity index (χ3v) is 4.04. The van der Waals surface area contributed by atoms with Crippen molar-refractivity contribution in [2.45, 2.75) is 32.8 Å². The van der Waals surface area contributed by atoms with Gasteiger partial charge in [-0.25, -0.2) is 4.39 Å². The van der Waals surface area contributed by atoms with E-state index >= 15 is 0 Å². The third kappa shape index (κ3) is 3.94. The molecule has 1 aromatic rings. The number of aliphatic hydroxyl groups is 1. The molecule has 1 aliphatic heterocycles. The summed E-state index contributed by atoms with van der Waals surface area (Å²) < 4.78 is 14.1. The molecule has 116 valence electrons. The van der Waals surface area contributed by atoms with Crippen LogP contribution in [0.3, 0.4) is 0 Å². The summed E-state index contributed by atoms with van der Waals surface area (Å²) in [6.45, 7) is 5.34. The van der Waals surface area contributed by atoms with E-state index in [0.29, 0.717) is 23.7 Å². The average Bonchev–Trinajstić information content (AvgIpc) is 2.45. The third-order valence-electron chi connectivity index (χ3n) is 4.04. The molecule has 0 bridgehead atoms. The lowest BCUT2D eigenvalue weighted by Crippen LogP contribution is -2.39. The lowest BCUT2D eigenvalue weighted by atomic mass is 9.95. The number of amides is 1. The number of anilines is 1. The molecule has 21 heavy (non-hydrogen) atoms. The number of hydrogen-bond donors (Lipinski definition) is 2. The summed E-state index contributed by atoms with van der Waals surface area (Å²) in [6.07, 6.45) is 1.13. The van der Waals surface area contributed by atoms with Gasteiger partial charge in [0.25, 0.3) is 0 Å². The van der Waals surface area contributed by atoms with E-state index in [1.165, 1.54) is 13.0 Å². The van der Waals surface area contributed by atoms with Crippen LogP contribution in [0.5, 0.6) is 0 Å². The first-order chi connectivity index (χ1) is 9.99. The molecule has 0 saturated carbocycles. The Labute approximate surface area is 125 Å². The minimum atomic E-state index is -0.687. The van der Waals surface area contributed by atoms with Gasteiger partial charge >= 0.3 is 0 Å². The number of piperidine rings is 1. The topological polar surface area (TPSA) is 52.6 Å². The molecule has 1 fully saturated rings. The average molecular weight is 294 g/mol. The molecule has 1 heterocycles. The predicted octanol–water partition coefficient (Wildman–Crippen LogP) is 2.23. The Balaban J connectivity index is 2.04. The number of benzene rings is 1. The summed E-state index contributed by atoms with van der Waals surface area (Å²) in [4.78, 5) is 12.9. The molecule has 0 aliphatic carbocycles. The fraction of sp³-hybridized carbons (Fsp3) is 0.562. The summed E-state index contributed by atoms with van der Waals surface area (Å²) in [7, 11) is 0. The van der Waals surface area contributed by atoms with Crippen molar-refractivity contribution in [3.63, 3.8) is 0 Å². The van der Waals surface area contributed by atoms with Crippen molar-refractivity contribution in [3.8, 4) is 0 Å². The summed E-state index contributed by atoms with van der Waals surface area (Å²) in [6, 6.07) is 4.83. The molecule has 1 atom stereocenters. The normalized spacial score (nSPS) is 17.6. The summed E-state index contributed by atoms with van der Waals surface area (Å²) in [5.74, 6) is 0.142. The van der Waals surface area contributed by atoms with Crippen molar-refractivity contribution in [2.75, 3.05) is 24.5 Å². The van der Waals surface area contributed by atoms with Crippen LogP contribution in [0.1, 0.15) is 38.4 Å². The molecule has 4 nitrogen and oxygen atoms in total. The van der Waals surface area contributed by atoms with Gasteiger partial charge in [-0.15, -0.1) is 0 Å². The van der Waals surface area contributed by atoms with Gasteiger partial charge in [-0.1, -0.05) is 12.1 Å². The molecule has 0 spiro atoms. The zero-order valence-electron chi connectivity index (χ0n) is 12.6. The van der Waals surface area contributed by atoms with Crippen LogP contribution in [0, 0.1) is 11.7 Å². The van der Waals surface area contributed by atoms with E-state index in [9.17, 15) is 14.3 Å². The van der Waals surface area contributed by atoms with Crippen molar-refractivity contribution >= 4 is 11.6 Å². The monoisotopic (exact) mass is 294 g/mol. The first-order valence-electron chi connectivity index (χ1n) is 7.45. The summed E-state index contributed by atoms with van der Waals surface area (Å²) in [5.41, 5.74) is 1.15. The number of nitrogens with one attached hydrogen (secondary N) is 1. The van der Waals surface area contributed by atoms with Gasteiger partial charge in [0, 0.05) is 32.1 Å². The first-order valence-corrected chi connectivity index (χ1v) is 7.45. The van der Waals surface area contributed by atoms with Crippen LogP contribution >= 0.6 is 0 Å². The molecule has 1 amide bonds. The van der Waals surface area contributed by atoms with Crippen molar-refractivity contribution in [1.29, 1.82) is 0 Å². The van der Waals surface area contributed by atoms with Crippen LogP contribution in [-0.4, -0.2) is 30.6 Å². The Morgan fingerprint density at radius 1 is 1.48 bits per heavy atom. The highest BCUT2D eigenvalue weighted by molar-refractivity contribution is 5.72. The van der Waals surface area contributed by atoms with E-state index < -0.39 is 6.10 Å². The number of aliphatic hydroxyl groups excluding tert-OH is 1. The minimum absolute atomic E-state index is 0.0112. The standard InChI is InChI=1S/C16H23FN2O2/c1-11(20)14-4-3-5-15(17)16(14)19-8-6-13(7-9-19)10-18-12(2)21/h3-5,11,13,20H,6-10H2,1-2H3,(H,18,21). The van der Waals surface area contributed by atoms with Gasteiger partial charge in [-0.05, 0) is 31.7 Å². The number of halogens is 1. The number of hydrogen-bond acceptors (Lipinski definition) is 3. The molecule has 1 unspecified atom stereocenters. The van der Waals surface area contributed by atoms with Gasteiger partial charge in [-0.3, -0.25) is 4.79 Å². The molecule has 0 radical (unpaired) electrons. The van der Waals surface area contributed by atoms with Crippen molar-refractivity contribution in [2.24, 2.45) is 5.92 Å². The van der Waals surface area contributed by atoms with Crippen molar-refractivity contribution < 1.29 is 14.3 Å². The molecule has 1 aromatic carbocycles. The van der Waals surface area contributed by atoms with E-state index in [4.69, 9.17) is 0 Å². The Morgan fingerprint density at radius 3 is 2.71 bits per heavy atom. The van der Waals surface area contributed by atoms with E-state index in [0.717, 1.165) is 25.9 Å². The maximum atomic E-state index is 14.1. The first kappa shape index (κ1) is 15.8. The van der Waals surface area contributed by atoms with Gasteiger partial charge in [0.1, 0.15) is 5.82 Å². The summed E-state index contributed by atoms with van der Waals surface area (Å²) in [5, 5.41) is 12.7. The minimum Gasteiger partial charge on any atom is -0.389 e. The Morgan fingerprint density at radius 2 is 2.14 bits per heavy atom. The maximum absolute atomic E-state index is 14.1. The van der Waals surface area contributed by atoms with Crippen LogP contribution in [0.4, 0.5) is 10.1 Å². The van der Waals surface area contributed by atoms with Crippen LogP contribution in [0.15, 0.2) is 18.2 Å². The summed E-state index contributed by atoms with van der Waals surface area (Å²) >= 11 is 0. The van der Waals surface area contributed by atoms with Gasteiger partial charge in [-0.2, -0.15) is 0 Å². The van der Waals surface area contributed by atoms with Crippen LogP contribution < -0.4 is 10.2 Å². The fourth-order valence-electron chi connectivity index (χ4n) is 2.85. The quantitative estimate of drug-likeness (QED) is 0.895. The maximum Gasteiger partial charge on any atom is 0.216 e. The van der Waals surface area contributed by atoms with Crippen LogP contribution in [0.25, 0.3) is 0 Å². The Kier molecular flexibility index (Phi) is 5.17. The van der Waals surface area contributed by atoms with Gasteiger partial charge in [0.2, 0.25) is 5.91 Å². The smallest absolute Gasteiger partial charge is 0.216 e. The highest BCUT2D eigenvalue weighted by Gasteiger charge is 2.24. The van der Waals surface area contributed by atoms with Gasteiger partial charge < -0.3 is 15.3 Å². The highest BCUT2D eigenvalue weighted by Crippen LogP contribution is 2.32. The number of para-hydroxylation sites is 1. The zero-order chi connectivity index (χ0) is 15.4. The van der Waals surface area contributed by atoms with Gasteiger partial charge in [0.05, 0.1) is 11.8 Å². The predicted molar refractivity (Wildman–Crippen MR) is 80.7 cm³/mol. The molecule has 1 saturated heterocycles. The molecular weight excluding hydrogens is 271 g/mol. The Bertz CT molecular complexity index is 497. The largest absolute Gasteiger partial charge is 0.389 e. The zero-order valence-corrected chi connectivity index (χ0v) is 12.6. The van der Waals surface area contributed by atoms with E-state index in [1.54, 1.807) is 19.1 Å². The highest BCUT2D eigenvalue weighted by atomic mass is 19.1. The molecule has 1 aliphatic rings. The van der Waals surface area contributed by atoms with E-state index in [1.807, 2.05) is 4.90 Å². The molecule has 0 aromatic heterocycles. The fourth-order valence-corrected chi connectivity index (χ4v) is 2.85. The van der Waals surface area contributed by atoms with Gasteiger partial charge in [0.15, 0.2) is 0 Å². The lowest BCUT2D eigenvalue weighted by molar-refractivity contribution is -0.119. The van der Waals surface area contributed by atoms with Crippen LogP contribution in [-0.2, 0) is 4.79 Å². The second-order valence-electron chi connectivity index (χ2n) is 5.72. The Hall–Kier alpha value is -1.62. The van der Waals surface area contributed by atoms with Crippen molar-refractivity contribution in [3.05, 3.63) is 29.6 Å². The SMILES string of the molecule is CC(=O)NCC1CCN(c2c(F)cccc2C(C)O)CC1. The number of nitrogens with zero attached hydrogens (tertiary/aromatic N) is 1. The van der Waals surface area contributed by atoms with E-state index in [-0.39, 0.29) is 11.7 Å². The second kappa shape index (κ2) is 6.89. The number of carbonyl (C=O) groups is 1. The lowest BCUT2D eigenvalue weighted by Gasteiger charge is -2.35. The van der Waals surface area contributed by atoms with Crippen LogP contribution in [0.2, 0.25) is 0 Å². The molecule has 5 heteroatoms. The molecular formula is C16H23FN2O2.